The van der Waals surface area contributed by atoms with Crippen molar-refractivity contribution < 1.29 is 8.78 Å². The second-order valence-electron chi connectivity index (χ2n) is 4.08. The van der Waals surface area contributed by atoms with Gasteiger partial charge >= 0.3 is 0 Å². The summed E-state index contributed by atoms with van der Waals surface area (Å²) >= 11 is 0. The molecule has 0 amide bonds. The van der Waals surface area contributed by atoms with Gasteiger partial charge in [0.05, 0.1) is 12.9 Å². The Morgan fingerprint density at radius 1 is 1.15 bits per heavy atom. The summed E-state index contributed by atoms with van der Waals surface area (Å²) in [4.78, 5) is 11.8. The van der Waals surface area contributed by atoms with E-state index in [1.54, 1.807) is 0 Å². The van der Waals surface area contributed by atoms with Crippen molar-refractivity contribution in [3.63, 3.8) is 0 Å². The topological polar surface area (TPSA) is 67.4 Å². The Morgan fingerprint density at radius 2 is 1.90 bits per heavy atom. The van der Waals surface area contributed by atoms with Crippen LogP contribution < -0.4 is 0 Å². The third-order valence-corrected chi connectivity index (χ3v) is 2.90. The molecule has 0 atom stereocenters. The maximum Gasteiger partial charge on any atom is 0.171 e. The summed E-state index contributed by atoms with van der Waals surface area (Å²) in [6.45, 7) is -0.0586. The van der Waals surface area contributed by atoms with Gasteiger partial charge < -0.3 is 4.57 Å². The van der Waals surface area contributed by atoms with Crippen LogP contribution in [-0.2, 0) is 6.54 Å². The average Bonchev–Trinajstić information content (AvgIpc) is 2.86. The Hall–Kier alpha value is -2.88. The van der Waals surface area contributed by atoms with E-state index in [4.69, 9.17) is 5.26 Å². The number of hydrogen-bond donors (Lipinski definition) is 0. The molecule has 0 saturated carbocycles. The molecule has 3 aromatic rings. The summed E-state index contributed by atoms with van der Waals surface area (Å²) < 4.78 is 28.7. The quantitative estimate of drug-likeness (QED) is 0.715. The molecule has 2 heterocycles. The lowest BCUT2D eigenvalue weighted by Crippen LogP contribution is -2.04. The van der Waals surface area contributed by atoms with Gasteiger partial charge in [0.2, 0.25) is 0 Å². The van der Waals surface area contributed by atoms with E-state index in [1.807, 2.05) is 6.07 Å². The third kappa shape index (κ3) is 1.87. The van der Waals surface area contributed by atoms with Crippen LogP contribution in [0.1, 0.15) is 11.3 Å². The first-order valence-electron chi connectivity index (χ1n) is 5.69. The Kier molecular flexibility index (Phi) is 2.84. The monoisotopic (exact) mass is 271 g/mol. The highest BCUT2D eigenvalue weighted by Crippen LogP contribution is 2.17. The SMILES string of the molecule is N#Cc1ncnc2c1ncn2Cc1c(F)cccc1F. The van der Waals surface area contributed by atoms with E-state index in [-0.39, 0.29) is 17.8 Å². The molecule has 0 bridgehead atoms. The molecule has 0 N–H and O–H groups in total. The van der Waals surface area contributed by atoms with Gasteiger partial charge in [0.15, 0.2) is 11.3 Å². The Labute approximate surface area is 112 Å². The van der Waals surface area contributed by atoms with Crippen molar-refractivity contribution >= 4 is 11.2 Å². The van der Waals surface area contributed by atoms with Crippen molar-refractivity contribution in [1.82, 2.24) is 19.5 Å². The minimum absolute atomic E-state index is 0.0586. The average molecular weight is 271 g/mol. The van der Waals surface area contributed by atoms with Gasteiger partial charge in [-0.15, -0.1) is 0 Å². The molecule has 0 aliphatic carbocycles. The summed E-state index contributed by atoms with van der Waals surface area (Å²) in [6.07, 6.45) is 2.60. The van der Waals surface area contributed by atoms with Crippen LogP contribution in [0.3, 0.4) is 0 Å². The maximum absolute atomic E-state index is 13.6. The number of aromatic nitrogens is 4. The lowest BCUT2D eigenvalue weighted by Gasteiger charge is -2.06. The number of nitriles is 1. The number of rotatable bonds is 2. The van der Waals surface area contributed by atoms with Crippen molar-refractivity contribution in [2.24, 2.45) is 0 Å². The molecule has 5 nitrogen and oxygen atoms in total. The minimum Gasteiger partial charge on any atom is -0.310 e. The van der Waals surface area contributed by atoms with Gasteiger partial charge in [-0.3, -0.25) is 0 Å². The van der Waals surface area contributed by atoms with E-state index in [1.165, 1.54) is 35.4 Å². The summed E-state index contributed by atoms with van der Waals surface area (Å²) in [7, 11) is 0. The van der Waals surface area contributed by atoms with E-state index in [9.17, 15) is 8.78 Å². The third-order valence-electron chi connectivity index (χ3n) is 2.90. The molecule has 20 heavy (non-hydrogen) atoms. The van der Waals surface area contributed by atoms with Gasteiger partial charge in [-0.25, -0.2) is 23.7 Å². The summed E-state index contributed by atoms with van der Waals surface area (Å²) in [5.74, 6) is -1.28. The minimum atomic E-state index is -0.638. The maximum atomic E-state index is 13.6. The molecule has 2 aromatic heterocycles. The van der Waals surface area contributed by atoms with E-state index in [2.05, 4.69) is 15.0 Å². The van der Waals surface area contributed by atoms with Gasteiger partial charge in [-0.1, -0.05) is 6.07 Å². The fourth-order valence-corrected chi connectivity index (χ4v) is 1.93. The molecule has 0 fully saturated rings. The largest absolute Gasteiger partial charge is 0.310 e. The van der Waals surface area contributed by atoms with Gasteiger partial charge in [0, 0.05) is 5.56 Å². The van der Waals surface area contributed by atoms with Gasteiger partial charge in [0.1, 0.15) is 29.5 Å². The molecule has 0 unspecified atom stereocenters. The fraction of sp³-hybridized carbons (Fsp3) is 0.0769. The Balaban J connectivity index is 2.11. The van der Waals surface area contributed by atoms with Crippen molar-refractivity contribution in [2.45, 2.75) is 6.54 Å². The van der Waals surface area contributed by atoms with Gasteiger partial charge in [-0.2, -0.15) is 5.26 Å². The van der Waals surface area contributed by atoms with Crippen molar-refractivity contribution in [3.05, 3.63) is 53.7 Å². The van der Waals surface area contributed by atoms with Crippen molar-refractivity contribution in [1.29, 1.82) is 5.26 Å². The predicted molar refractivity (Wildman–Crippen MR) is 65.5 cm³/mol. The molecule has 0 saturated heterocycles. The molecule has 98 valence electrons. The molecule has 0 aliphatic rings. The van der Waals surface area contributed by atoms with Crippen LogP contribution in [-0.4, -0.2) is 19.5 Å². The normalized spacial score (nSPS) is 10.7. The fourth-order valence-electron chi connectivity index (χ4n) is 1.93. The molecule has 0 spiro atoms. The van der Waals surface area contributed by atoms with Crippen molar-refractivity contribution in [2.75, 3.05) is 0 Å². The molecular weight excluding hydrogens is 264 g/mol. The highest BCUT2D eigenvalue weighted by Gasteiger charge is 2.13. The van der Waals surface area contributed by atoms with Crippen LogP contribution in [0.4, 0.5) is 8.78 Å². The lowest BCUT2D eigenvalue weighted by atomic mass is 10.2. The molecule has 0 aliphatic heterocycles. The molecule has 7 heteroatoms. The highest BCUT2D eigenvalue weighted by molar-refractivity contribution is 5.75. The number of halogens is 2. The van der Waals surface area contributed by atoms with Crippen LogP contribution in [0.25, 0.3) is 11.2 Å². The number of nitrogens with zero attached hydrogens (tertiary/aromatic N) is 5. The zero-order valence-corrected chi connectivity index (χ0v) is 10.1. The lowest BCUT2D eigenvalue weighted by molar-refractivity contribution is 0.546. The molecule has 0 radical (unpaired) electrons. The Morgan fingerprint density at radius 3 is 2.60 bits per heavy atom. The number of hydrogen-bond acceptors (Lipinski definition) is 4. The highest BCUT2D eigenvalue weighted by atomic mass is 19.1. The molecule has 1 aromatic carbocycles. The smallest absolute Gasteiger partial charge is 0.171 e. The first kappa shape index (κ1) is 12.2. The first-order valence-corrected chi connectivity index (χ1v) is 5.69. The summed E-state index contributed by atoms with van der Waals surface area (Å²) in [5.41, 5.74) is 0.720. The summed E-state index contributed by atoms with van der Waals surface area (Å²) in [5, 5.41) is 8.91. The van der Waals surface area contributed by atoms with E-state index < -0.39 is 11.6 Å². The Bertz CT molecular complexity index is 814. The molecular formula is C13H7F2N5. The van der Waals surface area contributed by atoms with Gasteiger partial charge in [0.25, 0.3) is 0 Å². The second-order valence-corrected chi connectivity index (χ2v) is 4.08. The zero-order chi connectivity index (χ0) is 14.1. The van der Waals surface area contributed by atoms with Crippen LogP contribution in [0.5, 0.6) is 0 Å². The number of imidazole rings is 1. The standard InChI is InChI=1S/C13H7F2N5/c14-9-2-1-3-10(15)8(9)5-20-7-19-12-11(4-16)17-6-18-13(12)20/h1-3,6-7H,5H2. The summed E-state index contributed by atoms with van der Waals surface area (Å²) in [6, 6.07) is 5.57. The van der Waals surface area contributed by atoms with E-state index in [0.29, 0.717) is 11.2 Å². The van der Waals surface area contributed by atoms with Crippen LogP contribution >= 0.6 is 0 Å². The zero-order valence-electron chi connectivity index (χ0n) is 10.1. The first-order chi connectivity index (χ1) is 9.70. The van der Waals surface area contributed by atoms with Crippen LogP contribution in [0.15, 0.2) is 30.9 Å². The van der Waals surface area contributed by atoms with Crippen LogP contribution in [0, 0.1) is 23.0 Å². The number of fused-ring (bicyclic) bond motifs is 1. The van der Waals surface area contributed by atoms with Crippen molar-refractivity contribution in [3.8, 4) is 6.07 Å². The predicted octanol–water partition coefficient (Wildman–Crippen LogP) is 2.02. The number of benzene rings is 1. The van der Waals surface area contributed by atoms with Crippen LogP contribution in [0.2, 0.25) is 0 Å². The second kappa shape index (κ2) is 4.66. The molecule has 3 rings (SSSR count). The van der Waals surface area contributed by atoms with Gasteiger partial charge in [-0.05, 0) is 12.1 Å². The van der Waals surface area contributed by atoms with E-state index >= 15 is 0 Å². The van der Waals surface area contributed by atoms with E-state index in [0.717, 1.165) is 0 Å².